The average molecular weight is 190 g/mol. The van der Waals surface area contributed by atoms with Gasteiger partial charge in [-0.3, -0.25) is 0 Å². The first kappa shape index (κ1) is 9.25. The molecule has 2 heteroatoms. The van der Waals surface area contributed by atoms with Crippen LogP contribution in [0, 0.1) is 5.92 Å². The molecule has 1 aromatic rings. The number of carbonyl (C=O) groups is 1. The van der Waals surface area contributed by atoms with E-state index in [0.29, 0.717) is 5.92 Å². The second-order valence-electron chi connectivity index (χ2n) is 3.74. The summed E-state index contributed by atoms with van der Waals surface area (Å²) in [6.07, 6.45) is 3.39. The Morgan fingerprint density at radius 1 is 1.43 bits per heavy atom. The van der Waals surface area contributed by atoms with Crippen molar-refractivity contribution in [2.75, 3.05) is 7.11 Å². The normalized spacial score (nSPS) is 17.5. The summed E-state index contributed by atoms with van der Waals surface area (Å²) in [5.41, 5.74) is 1.03. The molecule has 0 saturated heterocycles. The fourth-order valence-corrected chi connectivity index (χ4v) is 1.84. The van der Waals surface area contributed by atoms with E-state index in [1.807, 2.05) is 24.3 Å². The lowest BCUT2D eigenvalue weighted by Gasteiger charge is -2.13. The Hall–Kier alpha value is -1.31. The van der Waals surface area contributed by atoms with Gasteiger partial charge in [-0.15, -0.1) is 0 Å². The lowest BCUT2D eigenvalue weighted by Crippen LogP contribution is -2.04. The van der Waals surface area contributed by atoms with Gasteiger partial charge in [0.25, 0.3) is 0 Å². The van der Waals surface area contributed by atoms with E-state index in [1.54, 1.807) is 7.11 Å². The smallest absolute Gasteiger partial charge is 0.127 e. The molecule has 1 aliphatic carbocycles. The molecule has 0 bridgehead atoms. The van der Waals surface area contributed by atoms with Crippen molar-refractivity contribution < 1.29 is 9.53 Å². The van der Waals surface area contributed by atoms with E-state index in [4.69, 9.17) is 4.74 Å². The summed E-state index contributed by atoms with van der Waals surface area (Å²) in [4.78, 5) is 11.0. The highest BCUT2D eigenvalue weighted by atomic mass is 16.5. The van der Waals surface area contributed by atoms with Crippen molar-refractivity contribution >= 4 is 6.29 Å². The number of benzene rings is 1. The minimum atomic E-state index is 0.0335. The van der Waals surface area contributed by atoms with Crippen LogP contribution < -0.4 is 4.74 Å². The second-order valence-corrected chi connectivity index (χ2v) is 3.74. The summed E-state index contributed by atoms with van der Waals surface area (Å²) in [6.45, 7) is 0. The zero-order valence-electron chi connectivity index (χ0n) is 8.27. The lowest BCUT2D eigenvalue weighted by molar-refractivity contribution is -0.109. The van der Waals surface area contributed by atoms with Crippen molar-refractivity contribution in [2.24, 2.45) is 5.92 Å². The molecule has 74 valence electrons. The van der Waals surface area contributed by atoms with E-state index in [0.717, 1.165) is 17.6 Å². The van der Waals surface area contributed by atoms with Gasteiger partial charge >= 0.3 is 0 Å². The molecule has 0 aliphatic heterocycles. The fraction of sp³-hybridized carbons (Fsp3) is 0.417. The van der Waals surface area contributed by atoms with Crippen LogP contribution >= 0.6 is 0 Å². The summed E-state index contributed by atoms with van der Waals surface area (Å²) in [6, 6.07) is 7.78. The van der Waals surface area contributed by atoms with Gasteiger partial charge in [-0.05, 0) is 24.8 Å². The predicted octanol–water partition coefficient (Wildman–Crippen LogP) is 2.39. The summed E-state index contributed by atoms with van der Waals surface area (Å²) in [5, 5.41) is 0. The molecule has 0 spiro atoms. The summed E-state index contributed by atoms with van der Waals surface area (Å²) in [5.74, 6) is 1.41. The number of ether oxygens (including phenoxy) is 1. The molecule has 0 aromatic heterocycles. The molecule has 1 aromatic carbocycles. The highest BCUT2D eigenvalue weighted by molar-refractivity contribution is 5.65. The van der Waals surface area contributed by atoms with Crippen LogP contribution in [0.4, 0.5) is 0 Å². The SMILES string of the molecule is COc1ccccc1C(C=O)C1CC1. The highest BCUT2D eigenvalue weighted by Crippen LogP contribution is 2.43. The number of para-hydroxylation sites is 1. The standard InChI is InChI=1S/C12H14O2/c1-14-12-5-3-2-4-10(12)11(8-13)9-6-7-9/h2-5,8-9,11H,6-7H2,1H3. The number of rotatable bonds is 4. The van der Waals surface area contributed by atoms with Gasteiger partial charge in [-0.25, -0.2) is 0 Å². The van der Waals surface area contributed by atoms with Crippen molar-refractivity contribution in [2.45, 2.75) is 18.8 Å². The van der Waals surface area contributed by atoms with E-state index >= 15 is 0 Å². The molecule has 0 radical (unpaired) electrons. The zero-order valence-corrected chi connectivity index (χ0v) is 8.27. The Morgan fingerprint density at radius 2 is 2.14 bits per heavy atom. The van der Waals surface area contributed by atoms with E-state index in [1.165, 1.54) is 12.8 Å². The third-order valence-corrected chi connectivity index (χ3v) is 2.77. The summed E-state index contributed by atoms with van der Waals surface area (Å²) >= 11 is 0. The first-order chi connectivity index (χ1) is 6.86. The number of carbonyl (C=O) groups excluding carboxylic acids is 1. The predicted molar refractivity (Wildman–Crippen MR) is 54.5 cm³/mol. The Balaban J connectivity index is 2.32. The molecule has 0 heterocycles. The first-order valence-electron chi connectivity index (χ1n) is 4.95. The molecule has 14 heavy (non-hydrogen) atoms. The van der Waals surface area contributed by atoms with Gasteiger partial charge < -0.3 is 9.53 Å². The van der Waals surface area contributed by atoms with Gasteiger partial charge in [0.15, 0.2) is 0 Å². The summed E-state index contributed by atoms with van der Waals surface area (Å²) < 4.78 is 5.25. The highest BCUT2D eigenvalue weighted by Gasteiger charge is 2.33. The number of aldehydes is 1. The monoisotopic (exact) mass is 190 g/mol. The molecule has 1 atom stereocenters. The Morgan fingerprint density at radius 3 is 2.71 bits per heavy atom. The second kappa shape index (κ2) is 3.82. The van der Waals surface area contributed by atoms with Crippen LogP contribution in [0.15, 0.2) is 24.3 Å². The number of hydrogen-bond acceptors (Lipinski definition) is 2. The lowest BCUT2D eigenvalue weighted by atomic mass is 9.95. The number of methoxy groups -OCH3 is 1. The minimum Gasteiger partial charge on any atom is -0.496 e. The van der Waals surface area contributed by atoms with Crippen molar-refractivity contribution in [3.63, 3.8) is 0 Å². The van der Waals surface area contributed by atoms with Gasteiger partial charge in [0, 0.05) is 11.5 Å². The van der Waals surface area contributed by atoms with E-state index < -0.39 is 0 Å². The van der Waals surface area contributed by atoms with Crippen molar-refractivity contribution in [1.82, 2.24) is 0 Å². The molecule has 2 rings (SSSR count). The molecule has 1 saturated carbocycles. The van der Waals surface area contributed by atoms with Crippen LogP contribution in [0.5, 0.6) is 5.75 Å². The van der Waals surface area contributed by atoms with Crippen LogP contribution in [0.1, 0.15) is 24.3 Å². The van der Waals surface area contributed by atoms with Gasteiger partial charge in [0.2, 0.25) is 0 Å². The Kier molecular flexibility index (Phi) is 2.53. The quantitative estimate of drug-likeness (QED) is 0.681. The average Bonchev–Trinajstić information content (AvgIpc) is 3.04. The third-order valence-electron chi connectivity index (χ3n) is 2.77. The molecule has 0 amide bonds. The van der Waals surface area contributed by atoms with Crippen LogP contribution in [0.25, 0.3) is 0 Å². The molecule has 1 aliphatic rings. The maximum Gasteiger partial charge on any atom is 0.127 e. The minimum absolute atomic E-state index is 0.0335. The molecular weight excluding hydrogens is 176 g/mol. The first-order valence-corrected chi connectivity index (χ1v) is 4.95. The van der Waals surface area contributed by atoms with Gasteiger partial charge in [-0.1, -0.05) is 18.2 Å². The van der Waals surface area contributed by atoms with E-state index in [-0.39, 0.29) is 5.92 Å². The maximum atomic E-state index is 11.0. The largest absolute Gasteiger partial charge is 0.496 e. The van der Waals surface area contributed by atoms with Crippen molar-refractivity contribution in [3.05, 3.63) is 29.8 Å². The number of hydrogen-bond donors (Lipinski definition) is 0. The van der Waals surface area contributed by atoms with Gasteiger partial charge in [0.05, 0.1) is 7.11 Å². The molecule has 1 fully saturated rings. The molecule has 2 nitrogen and oxygen atoms in total. The van der Waals surface area contributed by atoms with Gasteiger partial charge in [0.1, 0.15) is 12.0 Å². The summed E-state index contributed by atoms with van der Waals surface area (Å²) in [7, 11) is 1.65. The van der Waals surface area contributed by atoms with Crippen molar-refractivity contribution in [3.8, 4) is 5.75 Å². The molecule has 1 unspecified atom stereocenters. The van der Waals surface area contributed by atoms with E-state index in [9.17, 15) is 4.79 Å². The maximum absolute atomic E-state index is 11.0. The Bertz CT molecular complexity index is 329. The van der Waals surface area contributed by atoms with Crippen LogP contribution in [-0.4, -0.2) is 13.4 Å². The Labute approximate surface area is 83.9 Å². The zero-order chi connectivity index (χ0) is 9.97. The fourth-order valence-electron chi connectivity index (χ4n) is 1.84. The molecule has 0 N–H and O–H groups in total. The van der Waals surface area contributed by atoms with Crippen LogP contribution in [-0.2, 0) is 4.79 Å². The van der Waals surface area contributed by atoms with Gasteiger partial charge in [-0.2, -0.15) is 0 Å². The van der Waals surface area contributed by atoms with Crippen molar-refractivity contribution in [1.29, 1.82) is 0 Å². The van der Waals surface area contributed by atoms with Crippen LogP contribution in [0.2, 0.25) is 0 Å². The third kappa shape index (κ3) is 1.65. The topological polar surface area (TPSA) is 26.3 Å². The molecular formula is C12H14O2. The van der Waals surface area contributed by atoms with E-state index in [2.05, 4.69) is 0 Å². The van der Waals surface area contributed by atoms with Crippen LogP contribution in [0.3, 0.4) is 0 Å².